The highest BCUT2D eigenvalue weighted by atomic mass is 32.1. The molecule has 1 fully saturated rings. The van der Waals surface area contributed by atoms with E-state index in [0.29, 0.717) is 37.5 Å². The summed E-state index contributed by atoms with van der Waals surface area (Å²) < 4.78 is 5.45. The molecule has 2 atom stereocenters. The topological polar surface area (TPSA) is 78.5 Å². The maximum atomic E-state index is 13.0. The van der Waals surface area contributed by atoms with Crippen LogP contribution < -0.4 is 5.56 Å². The van der Waals surface area contributed by atoms with E-state index in [-0.39, 0.29) is 12.2 Å². The Morgan fingerprint density at radius 2 is 2.16 bits per heavy atom. The number of ether oxygens (including phenoxy) is 1. The fourth-order valence-corrected chi connectivity index (χ4v) is 6.46. The third kappa shape index (κ3) is 5.45. The summed E-state index contributed by atoms with van der Waals surface area (Å²) in [6.45, 7) is 7.72. The van der Waals surface area contributed by atoms with Gasteiger partial charge >= 0.3 is 0 Å². The number of rotatable bonds is 9. The van der Waals surface area contributed by atoms with Gasteiger partial charge in [-0.15, -0.1) is 17.9 Å². The van der Waals surface area contributed by atoms with Crippen molar-refractivity contribution >= 4 is 21.6 Å². The maximum Gasteiger partial charge on any atom is 0.259 e. The molecule has 2 aromatic rings. The number of aliphatic hydroxyl groups is 1. The van der Waals surface area contributed by atoms with Gasteiger partial charge in [-0.1, -0.05) is 32.3 Å². The summed E-state index contributed by atoms with van der Waals surface area (Å²) >= 11 is 1.69. The average molecular weight is 446 g/mol. The number of hydrogen-bond donors (Lipinski definition) is 2. The summed E-state index contributed by atoms with van der Waals surface area (Å²) in [5, 5.41) is 11.3. The fourth-order valence-electron chi connectivity index (χ4n) is 5.06. The first-order chi connectivity index (χ1) is 15.0. The summed E-state index contributed by atoms with van der Waals surface area (Å²) in [4.78, 5) is 25.4. The number of aliphatic hydroxyl groups excluding tert-OH is 1. The van der Waals surface area contributed by atoms with Crippen molar-refractivity contribution in [3.8, 4) is 0 Å². The number of H-pyrrole nitrogens is 1. The van der Waals surface area contributed by atoms with Gasteiger partial charge in [-0.05, 0) is 43.6 Å². The monoisotopic (exact) mass is 445 g/mol. The second kappa shape index (κ2) is 10.4. The van der Waals surface area contributed by atoms with Gasteiger partial charge in [-0.3, -0.25) is 9.69 Å². The zero-order valence-corrected chi connectivity index (χ0v) is 19.4. The van der Waals surface area contributed by atoms with Gasteiger partial charge in [0.15, 0.2) is 0 Å². The van der Waals surface area contributed by atoms with Gasteiger partial charge in [-0.2, -0.15) is 0 Å². The van der Waals surface area contributed by atoms with Crippen LogP contribution in [-0.4, -0.2) is 51.9 Å². The Morgan fingerprint density at radius 3 is 2.94 bits per heavy atom. The van der Waals surface area contributed by atoms with Gasteiger partial charge < -0.3 is 14.8 Å². The van der Waals surface area contributed by atoms with Crippen LogP contribution in [-0.2, 0) is 24.1 Å². The number of aryl methyl sites for hydroxylation is 1. The lowest BCUT2D eigenvalue weighted by Gasteiger charge is -2.35. The zero-order valence-electron chi connectivity index (χ0n) is 18.6. The highest BCUT2D eigenvalue weighted by Gasteiger charge is 2.26. The molecule has 2 aliphatic carbocycles. The summed E-state index contributed by atoms with van der Waals surface area (Å²) in [6.07, 6.45) is 10.2. The first-order valence-corrected chi connectivity index (χ1v) is 12.5. The van der Waals surface area contributed by atoms with Crippen molar-refractivity contribution in [2.45, 2.75) is 77.0 Å². The highest BCUT2D eigenvalue weighted by Crippen LogP contribution is 2.35. The van der Waals surface area contributed by atoms with Gasteiger partial charge in [0.1, 0.15) is 10.7 Å². The number of fused-ring (bicyclic) bond motifs is 3. The smallest absolute Gasteiger partial charge is 0.259 e. The number of hydrogen-bond acceptors (Lipinski definition) is 6. The minimum Gasteiger partial charge on any atom is -0.389 e. The molecule has 2 aromatic heterocycles. The Hall–Kier alpha value is -1.54. The molecule has 1 saturated carbocycles. The van der Waals surface area contributed by atoms with E-state index in [2.05, 4.69) is 23.4 Å². The normalized spacial score (nSPS) is 20.8. The molecule has 170 valence electrons. The Labute approximate surface area is 188 Å². The molecular formula is C24H35N3O3S. The number of thiophene rings is 1. The van der Waals surface area contributed by atoms with Crippen molar-refractivity contribution in [3.63, 3.8) is 0 Å². The van der Waals surface area contributed by atoms with Crippen molar-refractivity contribution in [2.75, 3.05) is 19.8 Å². The van der Waals surface area contributed by atoms with Crippen LogP contribution in [0, 0.1) is 5.92 Å². The number of aromatic nitrogens is 2. The van der Waals surface area contributed by atoms with Gasteiger partial charge in [0, 0.05) is 17.5 Å². The summed E-state index contributed by atoms with van der Waals surface area (Å²) in [6, 6.07) is 0.404. The fraction of sp³-hybridized carbons (Fsp3) is 0.667. The van der Waals surface area contributed by atoms with E-state index in [1.807, 2.05) is 0 Å². The molecule has 4 rings (SSSR count). The zero-order chi connectivity index (χ0) is 21.8. The SMILES string of the molecule is C=CCOC[C@H](O)CN(Cc1nc2sc3c(c2c(=O)[nH]1)CC[C@@H](C)C3)C1CCCCC1. The van der Waals surface area contributed by atoms with Crippen LogP contribution in [0.3, 0.4) is 0 Å². The largest absolute Gasteiger partial charge is 0.389 e. The minimum atomic E-state index is -0.576. The molecule has 0 saturated heterocycles. The van der Waals surface area contributed by atoms with Crippen LogP contribution >= 0.6 is 11.3 Å². The van der Waals surface area contributed by atoms with Gasteiger partial charge in [0.2, 0.25) is 0 Å². The molecule has 2 heterocycles. The van der Waals surface area contributed by atoms with E-state index >= 15 is 0 Å². The minimum absolute atomic E-state index is 0.00879. The highest BCUT2D eigenvalue weighted by molar-refractivity contribution is 7.18. The molecule has 0 bridgehead atoms. The number of aromatic amines is 1. The second-order valence-electron chi connectivity index (χ2n) is 9.25. The lowest BCUT2D eigenvalue weighted by atomic mass is 9.89. The lowest BCUT2D eigenvalue weighted by molar-refractivity contribution is 0.00880. The van der Waals surface area contributed by atoms with Crippen LogP contribution in [0.5, 0.6) is 0 Å². The Bertz CT molecular complexity index is 947. The average Bonchev–Trinajstić information content (AvgIpc) is 3.12. The molecule has 0 amide bonds. The molecule has 0 aromatic carbocycles. The second-order valence-corrected chi connectivity index (χ2v) is 10.3. The van der Waals surface area contributed by atoms with E-state index in [1.54, 1.807) is 17.4 Å². The van der Waals surface area contributed by atoms with E-state index in [9.17, 15) is 9.90 Å². The lowest BCUT2D eigenvalue weighted by Crippen LogP contribution is -2.43. The van der Waals surface area contributed by atoms with E-state index in [4.69, 9.17) is 9.72 Å². The predicted octanol–water partition coefficient (Wildman–Crippen LogP) is 3.81. The third-order valence-corrected chi connectivity index (χ3v) is 7.80. The molecular weight excluding hydrogens is 410 g/mol. The predicted molar refractivity (Wildman–Crippen MR) is 126 cm³/mol. The molecule has 2 N–H and O–H groups in total. The van der Waals surface area contributed by atoms with Crippen molar-refractivity contribution < 1.29 is 9.84 Å². The third-order valence-electron chi connectivity index (χ3n) is 6.65. The maximum absolute atomic E-state index is 13.0. The summed E-state index contributed by atoms with van der Waals surface area (Å²) in [5.41, 5.74) is 1.21. The number of nitrogens with zero attached hydrogens (tertiary/aromatic N) is 2. The van der Waals surface area contributed by atoms with Crippen LogP contribution in [0.4, 0.5) is 0 Å². The molecule has 0 aliphatic heterocycles. The van der Waals surface area contributed by atoms with Crippen LogP contribution in [0.1, 0.15) is 61.7 Å². The van der Waals surface area contributed by atoms with Gasteiger partial charge in [-0.25, -0.2) is 4.98 Å². The van der Waals surface area contributed by atoms with Crippen molar-refractivity contribution in [1.82, 2.24) is 14.9 Å². The van der Waals surface area contributed by atoms with E-state index in [1.165, 1.54) is 29.7 Å². The standard InChI is InChI=1S/C24H35N3O3S/c1-3-11-30-15-18(28)13-27(17-7-5-4-6-8-17)14-21-25-23(29)22-19-10-9-16(2)12-20(19)31-24(22)26-21/h3,16-18,28H,1,4-15H2,2H3,(H,25,26,29)/t16-,18-/m1/s1. The Kier molecular flexibility index (Phi) is 7.59. The van der Waals surface area contributed by atoms with Crippen LogP contribution in [0.2, 0.25) is 0 Å². The molecule has 2 aliphatic rings. The molecule has 0 radical (unpaired) electrons. The number of nitrogens with one attached hydrogen (secondary N) is 1. The van der Waals surface area contributed by atoms with Crippen molar-refractivity contribution in [1.29, 1.82) is 0 Å². The van der Waals surface area contributed by atoms with Crippen molar-refractivity contribution in [2.24, 2.45) is 5.92 Å². The van der Waals surface area contributed by atoms with E-state index < -0.39 is 6.10 Å². The Morgan fingerprint density at radius 1 is 1.35 bits per heavy atom. The van der Waals surface area contributed by atoms with Crippen molar-refractivity contribution in [3.05, 3.63) is 39.3 Å². The Balaban J connectivity index is 1.55. The quantitative estimate of drug-likeness (QED) is 0.453. The van der Waals surface area contributed by atoms with Gasteiger partial charge in [0.25, 0.3) is 5.56 Å². The summed E-state index contributed by atoms with van der Waals surface area (Å²) in [5.74, 6) is 1.37. The first kappa shape index (κ1) is 22.6. The summed E-state index contributed by atoms with van der Waals surface area (Å²) in [7, 11) is 0. The van der Waals surface area contributed by atoms with Crippen LogP contribution in [0.15, 0.2) is 17.4 Å². The molecule has 0 unspecified atom stereocenters. The molecule has 0 spiro atoms. The molecule has 7 heteroatoms. The van der Waals surface area contributed by atoms with E-state index in [0.717, 1.165) is 42.3 Å². The first-order valence-electron chi connectivity index (χ1n) is 11.7. The molecule has 31 heavy (non-hydrogen) atoms. The van der Waals surface area contributed by atoms with Gasteiger partial charge in [0.05, 0.1) is 31.2 Å². The molecule has 6 nitrogen and oxygen atoms in total. The van der Waals surface area contributed by atoms with Crippen LogP contribution in [0.25, 0.3) is 10.2 Å².